The maximum Gasteiger partial charge on any atom is 0.390 e. The van der Waals surface area contributed by atoms with Gasteiger partial charge in [0.05, 0.1) is 12.3 Å². The Kier molecular flexibility index (Phi) is 4.24. The first-order chi connectivity index (χ1) is 8.13. The Labute approximate surface area is 103 Å². The van der Waals surface area contributed by atoms with Gasteiger partial charge in [0.2, 0.25) is 5.91 Å². The second-order valence-corrected chi connectivity index (χ2v) is 4.74. The van der Waals surface area contributed by atoms with Crippen molar-refractivity contribution in [3.8, 4) is 0 Å². The van der Waals surface area contributed by atoms with Gasteiger partial charge in [-0.05, 0) is 12.8 Å². The molecule has 1 fully saturated rings. The average Bonchev–Trinajstić information content (AvgIpc) is 2.13. The van der Waals surface area contributed by atoms with E-state index >= 15 is 0 Å². The first kappa shape index (κ1) is 14.8. The molecule has 4 nitrogen and oxygen atoms in total. The largest absolute Gasteiger partial charge is 0.481 e. The van der Waals surface area contributed by atoms with Gasteiger partial charge in [-0.25, -0.2) is 0 Å². The molecule has 0 saturated carbocycles. The highest BCUT2D eigenvalue weighted by atomic mass is 19.4. The smallest absolute Gasteiger partial charge is 0.390 e. The minimum Gasteiger partial charge on any atom is -0.481 e. The van der Waals surface area contributed by atoms with E-state index < -0.39 is 43.0 Å². The molecule has 0 bridgehead atoms. The summed E-state index contributed by atoms with van der Waals surface area (Å²) in [7, 11) is 0. The molecule has 0 spiro atoms. The molecule has 1 heterocycles. The van der Waals surface area contributed by atoms with E-state index in [-0.39, 0.29) is 12.3 Å². The molecular weight excluding hydrogens is 251 g/mol. The topological polar surface area (TPSA) is 57.6 Å². The predicted molar refractivity (Wildman–Crippen MR) is 56.8 cm³/mol. The SMILES string of the molecule is CC1CC(=O)N(CCC(F)(F)F)C(C)C1C(=O)O. The summed E-state index contributed by atoms with van der Waals surface area (Å²) in [6, 6.07) is -0.707. The molecule has 0 aromatic carbocycles. The van der Waals surface area contributed by atoms with Gasteiger partial charge in [0.1, 0.15) is 0 Å². The van der Waals surface area contributed by atoms with Crippen molar-refractivity contribution < 1.29 is 27.9 Å². The van der Waals surface area contributed by atoms with Crippen LogP contribution in [0.3, 0.4) is 0 Å². The molecule has 3 atom stereocenters. The van der Waals surface area contributed by atoms with Gasteiger partial charge in [-0.2, -0.15) is 13.2 Å². The standard InChI is InChI=1S/C11H16F3NO3/c1-6-5-8(16)15(4-3-11(12,13)14)7(2)9(6)10(17)18/h6-7,9H,3-5H2,1-2H3,(H,17,18). The normalized spacial score (nSPS) is 29.5. The maximum absolute atomic E-state index is 12.1. The van der Waals surface area contributed by atoms with Crippen LogP contribution in [0.25, 0.3) is 0 Å². The summed E-state index contributed by atoms with van der Waals surface area (Å²) in [6.07, 6.45) is -5.47. The Morgan fingerprint density at radius 2 is 2.00 bits per heavy atom. The molecule has 104 valence electrons. The van der Waals surface area contributed by atoms with E-state index in [1.54, 1.807) is 6.92 Å². The van der Waals surface area contributed by atoms with Crippen LogP contribution < -0.4 is 0 Å². The van der Waals surface area contributed by atoms with Crippen LogP contribution in [0, 0.1) is 11.8 Å². The number of alkyl halides is 3. The van der Waals surface area contributed by atoms with Crippen LogP contribution in [-0.2, 0) is 9.59 Å². The van der Waals surface area contributed by atoms with Gasteiger partial charge in [-0.15, -0.1) is 0 Å². The Morgan fingerprint density at radius 3 is 2.44 bits per heavy atom. The lowest BCUT2D eigenvalue weighted by Gasteiger charge is -2.40. The quantitative estimate of drug-likeness (QED) is 0.849. The Morgan fingerprint density at radius 1 is 1.44 bits per heavy atom. The van der Waals surface area contributed by atoms with Gasteiger partial charge in [-0.3, -0.25) is 9.59 Å². The number of likely N-dealkylation sites (tertiary alicyclic amines) is 1. The first-order valence-corrected chi connectivity index (χ1v) is 5.72. The minimum atomic E-state index is -4.35. The third kappa shape index (κ3) is 3.36. The lowest BCUT2D eigenvalue weighted by Crippen LogP contribution is -2.53. The number of amides is 1. The minimum absolute atomic E-state index is 0.0147. The number of carbonyl (C=O) groups excluding carboxylic acids is 1. The van der Waals surface area contributed by atoms with E-state index in [4.69, 9.17) is 5.11 Å². The molecule has 0 aliphatic carbocycles. The van der Waals surface area contributed by atoms with Gasteiger partial charge < -0.3 is 10.0 Å². The number of halogens is 3. The Bertz CT molecular complexity index is 343. The summed E-state index contributed by atoms with van der Waals surface area (Å²) in [6.45, 7) is 2.65. The van der Waals surface area contributed by atoms with Crippen molar-refractivity contribution in [3.63, 3.8) is 0 Å². The molecule has 7 heteroatoms. The highest BCUT2D eigenvalue weighted by molar-refractivity contribution is 5.81. The average molecular weight is 267 g/mol. The number of rotatable bonds is 3. The molecular formula is C11H16F3NO3. The zero-order valence-corrected chi connectivity index (χ0v) is 10.2. The summed E-state index contributed by atoms with van der Waals surface area (Å²) in [4.78, 5) is 23.8. The number of aliphatic carboxylic acids is 1. The number of carboxylic acids is 1. The van der Waals surface area contributed by atoms with Gasteiger partial charge >= 0.3 is 12.1 Å². The lowest BCUT2D eigenvalue weighted by molar-refractivity contribution is -0.160. The number of nitrogens with zero attached hydrogens (tertiary/aromatic N) is 1. The molecule has 1 aliphatic heterocycles. The highest BCUT2D eigenvalue weighted by Gasteiger charge is 2.42. The Balaban J connectivity index is 2.77. The van der Waals surface area contributed by atoms with Gasteiger partial charge in [0, 0.05) is 19.0 Å². The summed E-state index contributed by atoms with van der Waals surface area (Å²) in [5.74, 6) is -2.64. The van der Waals surface area contributed by atoms with Crippen LogP contribution in [0.4, 0.5) is 13.2 Å². The molecule has 0 aromatic rings. The van der Waals surface area contributed by atoms with Gasteiger partial charge in [0.25, 0.3) is 0 Å². The molecule has 1 saturated heterocycles. The summed E-state index contributed by atoms with van der Waals surface area (Å²) in [5, 5.41) is 9.05. The second kappa shape index (κ2) is 5.16. The van der Waals surface area contributed by atoms with Crippen molar-refractivity contribution in [1.29, 1.82) is 0 Å². The van der Waals surface area contributed by atoms with Crippen molar-refractivity contribution in [3.05, 3.63) is 0 Å². The van der Waals surface area contributed by atoms with Gasteiger partial charge in [0.15, 0.2) is 0 Å². The molecule has 18 heavy (non-hydrogen) atoms. The van der Waals surface area contributed by atoms with E-state index in [0.717, 1.165) is 4.90 Å². The van der Waals surface area contributed by atoms with E-state index in [1.165, 1.54) is 6.92 Å². The van der Waals surface area contributed by atoms with Gasteiger partial charge in [-0.1, -0.05) is 6.92 Å². The molecule has 3 unspecified atom stereocenters. The zero-order valence-electron chi connectivity index (χ0n) is 10.2. The fourth-order valence-electron chi connectivity index (χ4n) is 2.44. The van der Waals surface area contributed by atoms with Crippen LogP contribution in [0.15, 0.2) is 0 Å². The summed E-state index contributed by atoms with van der Waals surface area (Å²) in [5.41, 5.74) is 0. The van der Waals surface area contributed by atoms with E-state index in [2.05, 4.69) is 0 Å². The third-order valence-corrected chi connectivity index (χ3v) is 3.36. The van der Waals surface area contributed by atoms with Crippen LogP contribution in [0.1, 0.15) is 26.7 Å². The molecule has 1 N–H and O–H groups in total. The number of carbonyl (C=O) groups is 2. The van der Waals surface area contributed by atoms with Crippen molar-refractivity contribution >= 4 is 11.9 Å². The van der Waals surface area contributed by atoms with Crippen molar-refractivity contribution in [1.82, 2.24) is 4.90 Å². The molecule has 1 amide bonds. The summed E-state index contributed by atoms with van der Waals surface area (Å²) >= 11 is 0. The highest BCUT2D eigenvalue weighted by Crippen LogP contribution is 2.31. The van der Waals surface area contributed by atoms with E-state index in [9.17, 15) is 22.8 Å². The fraction of sp³-hybridized carbons (Fsp3) is 0.818. The van der Waals surface area contributed by atoms with Crippen molar-refractivity contribution in [2.24, 2.45) is 11.8 Å². The predicted octanol–water partition coefficient (Wildman–Crippen LogP) is 1.90. The van der Waals surface area contributed by atoms with Crippen LogP contribution in [-0.4, -0.2) is 40.6 Å². The number of carboxylic acid groups (broad SMARTS) is 1. The van der Waals surface area contributed by atoms with E-state index in [1.807, 2.05) is 0 Å². The molecule has 0 radical (unpaired) electrons. The fourth-order valence-corrected chi connectivity index (χ4v) is 2.44. The number of hydrogen-bond donors (Lipinski definition) is 1. The van der Waals surface area contributed by atoms with Crippen LogP contribution in [0.5, 0.6) is 0 Å². The summed E-state index contributed by atoms with van der Waals surface area (Å²) < 4.78 is 36.4. The Hall–Kier alpha value is -1.27. The zero-order chi connectivity index (χ0) is 14.1. The van der Waals surface area contributed by atoms with E-state index in [0.29, 0.717) is 0 Å². The molecule has 1 aliphatic rings. The van der Waals surface area contributed by atoms with Crippen molar-refractivity contribution in [2.45, 2.75) is 38.9 Å². The first-order valence-electron chi connectivity index (χ1n) is 5.72. The maximum atomic E-state index is 12.1. The van der Waals surface area contributed by atoms with Crippen LogP contribution >= 0.6 is 0 Å². The number of hydrogen-bond acceptors (Lipinski definition) is 2. The third-order valence-electron chi connectivity index (χ3n) is 3.36. The number of piperidine rings is 1. The second-order valence-electron chi connectivity index (χ2n) is 4.74. The lowest BCUT2D eigenvalue weighted by atomic mass is 9.81. The van der Waals surface area contributed by atoms with Crippen LogP contribution in [0.2, 0.25) is 0 Å². The molecule has 1 rings (SSSR count). The molecule has 0 aromatic heterocycles. The monoisotopic (exact) mass is 267 g/mol. The van der Waals surface area contributed by atoms with Crippen molar-refractivity contribution in [2.75, 3.05) is 6.54 Å².